The van der Waals surface area contributed by atoms with Crippen LogP contribution in [0, 0.1) is 5.41 Å². The summed E-state index contributed by atoms with van der Waals surface area (Å²) < 4.78 is 22.1. The topological polar surface area (TPSA) is 219 Å². The van der Waals surface area contributed by atoms with E-state index in [4.69, 9.17) is 30.1 Å². The number of hydrogen-bond acceptors (Lipinski definition) is 15. The number of esters is 2. The Morgan fingerprint density at radius 1 is 0.885 bits per heavy atom. The molecular weight excluding hydrogens is 713 g/mol. The Hall–Kier alpha value is -5.17. The lowest BCUT2D eigenvalue weighted by atomic mass is 10.1. The second kappa shape index (κ2) is 18.4. The molecule has 0 unspecified atom stereocenters. The van der Waals surface area contributed by atoms with Gasteiger partial charge in [-0.1, -0.05) is 24.3 Å². The number of aromatic hydroxyl groups is 1. The molecule has 2 fully saturated rings. The lowest BCUT2D eigenvalue weighted by molar-refractivity contribution is -0.156. The van der Waals surface area contributed by atoms with E-state index in [1.54, 1.807) is 18.7 Å². The molecular formula is C34H40N8O8S2. The molecule has 0 atom stereocenters. The summed E-state index contributed by atoms with van der Waals surface area (Å²) in [5.74, 6) is -2.13. The summed E-state index contributed by atoms with van der Waals surface area (Å²) in [7, 11) is 0. The number of guanidine groups is 1. The average Bonchev–Trinajstić information content (AvgIpc) is 3.77. The number of nitrogens with two attached hydrogens (primary N) is 1. The van der Waals surface area contributed by atoms with Crippen LogP contribution in [-0.4, -0.2) is 114 Å². The monoisotopic (exact) mass is 752 g/mol. The number of hydrogen-bond donors (Lipinski definition) is 4. The van der Waals surface area contributed by atoms with E-state index >= 15 is 0 Å². The van der Waals surface area contributed by atoms with Crippen molar-refractivity contribution >= 4 is 67.0 Å². The van der Waals surface area contributed by atoms with Crippen molar-refractivity contribution in [3.8, 4) is 16.5 Å². The predicted octanol–water partition coefficient (Wildman–Crippen LogP) is 3.31. The molecule has 2 aromatic carbocycles. The van der Waals surface area contributed by atoms with E-state index in [1.807, 2.05) is 53.4 Å². The van der Waals surface area contributed by atoms with Crippen molar-refractivity contribution in [2.45, 2.75) is 19.8 Å². The molecule has 5 aromatic rings. The van der Waals surface area contributed by atoms with E-state index in [2.05, 4.69) is 19.9 Å². The van der Waals surface area contributed by atoms with Crippen LogP contribution in [0.25, 0.3) is 31.0 Å². The fourth-order valence-electron chi connectivity index (χ4n) is 5.11. The summed E-state index contributed by atoms with van der Waals surface area (Å²) >= 11 is 2.66. The Labute approximate surface area is 306 Å². The number of morpholine rings is 2. The standard InChI is InChI=1S/C15H14N4O3S.C14H15NO4S.C5H11N3O/c20-12-11(14-16-9-3-1-2-4-10(9)23-14)13(21)18-15(17-12)19-5-7-22-8-6-19;1-3-18-13(16)11(14(17)19-4-2)12-15-9-7-5-6-8-10(9)20-12;6-5(7)8-1-3-9-4-2-8/h1-4H,5-8H2,(H2,17,18,20,21);5-8,11H,3-4H2,1-2H3;1-4H2,(H3,6,7). The number of H-pyrrole nitrogens is 1. The highest BCUT2D eigenvalue weighted by molar-refractivity contribution is 7.21. The number of carbonyl (C=O) groups excluding carboxylic acids is 2. The van der Waals surface area contributed by atoms with Gasteiger partial charge in [0.05, 0.1) is 60.1 Å². The SMILES string of the molecule is CCOC(=O)C(C(=O)OCC)c1nc2ccccc2s1.N=C(N)N1CCOCC1.O=c1[nH]c(N2CCOCC2)nc(O)c1-c1nc2ccccc2s1. The van der Waals surface area contributed by atoms with Crippen LogP contribution in [0.4, 0.5) is 5.95 Å². The van der Waals surface area contributed by atoms with Gasteiger partial charge in [0.1, 0.15) is 15.6 Å². The smallest absolute Gasteiger partial charge is 0.327 e. The first-order valence-corrected chi connectivity index (χ1v) is 18.2. The third-order valence-electron chi connectivity index (χ3n) is 7.66. The third kappa shape index (κ3) is 9.58. The lowest BCUT2D eigenvalue weighted by Crippen LogP contribution is -2.44. The van der Waals surface area contributed by atoms with Crippen molar-refractivity contribution in [1.82, 2.24) is 24.8 Å². The number of rotatable bonds is 7. The van der Waals surface area contributed by atoms with Crippen molar-refractivity contribution in [1.29, 1.82) is 5.41 Å². The molecule has 5 heterocycles. The summed E-state index contributed by atoms with van der Waals surface area (Å²) in [6.45, 7) is 9.11. The number of ether oxygens (including phenoxy) is 4. The van der Waals surface area contributed by atoms with Gasteiger partial charge in [-0.3, -0.25) is 24.8 Å². The maximum Gasteiger partial charge on any atom is 0.327 e. The van der Waals surface area contributed by atoms with Gasteiger partial charge >= 0.3 is 11.9 Å². The number of fused-ring (bicyclic) bond motifs is 2. The quantitative estimate of drug-likeness (QED) is 0.0812. The van der Waals surface area contributed by atoms with E-state index < -0.39 is 23.4 Å². The van der Waals surface area contributed by atoms with Gasteiger partial charge in [-0.2, -0.15) is 4.98 Å². The summed E-state index contributed by atoms with van der Waals surface area (Å²) in [5.41, 5.74) is 6.49. The molecule has 276 valence electrons. The number of thiazole rings is 2. The normalized spacial score (nSPS) is 14.3. The molecule has 0 saturated carbocycles. The van der Waals surface area contributed by atoms with Crippen LogP contribution in [0.5, 0.6) is 5.88 Å². The van der Waals surface area contributed by atoms with Crippen molar-refractivity contribution in [2.24, 2.45) is 5.73 Å². The zero-order valence-electron chi connectivity index (χ0n) is 28.7. The van der Waals surface area contributed by atoms with Crippen LogP contribution in [0.3, 0.4) is 0 Å². The van der Waals surface area contributed by atoms with Crippen LogP contribution in [-0.2, 0) is 28.5 Å². The Balaban J connectivity index is 0.000000164. The van der Waals surface area contributed by atoms with E-state index in [1.165, 1.54) is 22.7 Å². The van der Waals surface area contributed by atoms with E-state index in [0.717, 1.165) is 33.5 Å². The Kier molecular flexibility index (Phi) is 13.4. The number of benzene rings is 2. The van der Waals surface area contributed by atoms with E-state index in [9.17, 15) is 19.5 Å². The summed E-state index contributed by atoms with van der Waals surface area (Å²) in [4.78, 5) is 55.7. The fourth-order valence-corrected chi connectivity index (χ4v) is 7.16. The van der Waals surface area contributed by atoms with Gasteiger partial charge in [0.15, 0.2) is 5.96 Å². The maximum absolute atomic E-state index is 12.4. The second-order valence-corrected chi connectivity index (χ2v) is 13.2. The van der Waals surface area contributed by atoms with Crippen molar-refractivity contribution in [3.05, 3.63) is 63.9 Å². The average molecular weight is 753 g/mol. The van der Waals surface area contributed by atoms with Gasteiger partial charge in [0, 0.05) is 26.2 Å². The van der Waals surface area contributed by atoms with Crippen molar-refractivity contribution in [2.75, 3.05) is 70.7 Å². The Morgan fingerprint density at radius 2 is 1.42 bits per heavy atom. The minimum Gasteiger partial charge on any atom is -0.493 e. The van der Waals surface area contributed by atoms with Gasteiger partial charge in [-0.05, 0) is 38.1 Å². The molecule has 0 spiro atoms. The molecule has 5 N–H and O–H groups in total. The molecule has 3 aromatic heterocycles. The molecule has 2 aliphatic rings. The number of carbonyl (C=O) groups is 2. The molecule has 2 saturated heterocycles. The molecule has 52 heavy (non-hydrogen) atoms. The molecule has 0 amide bonds. The molecule has 2 aliphatic heterocycles. The minimum atomic E-state index is -1.10. The minimum absolute atomic E-state index is 0.114. The van der Waals surface area contributed by atoms with E-state index in [0.29, 0.717) is 55.5 Å². The molecule has 0 radical (unpaired) electrons. The van der Waals surface area contributed by atoms with Crippen LogP contribution >= 0.6 is 22.7 Å². The molecule has 18 heteroatoms. The van der Waals surface area contributed by atoms with Crippen LogP contribution in [0.1, 0.15) is 24.8 Å². The first-order chi connectivity index (χ1) is 25.2. The lowest BCUT2D eigenvalue weighted by Gasteiger charge is -2.27. The van der Waals surface area contributed by atoms with Gasteiger partial charge in [-0.25, -0.2) is 9.97 Å². The van der Waals surface area contributed by atoms with Crippen LogP contribution in [0.2, 0.25) is 0 Å². The zero-order valence-corrected chi connectivity index (χ0v) is 30.3. The van der Waals surface area contributed by atoms with Crippen LogP contribution < -0.4 is 16.2 Å². The fraction of sp³-hybridized carbons (Fsp3) is 0.382. The number of nitrogens with zero attached hydrogens (tertiary/aromatic N) is 5. The summed E-state index contributed by atoms with van der Waals surface area (Å²) in [6.07, 6.45) is 0. The van der Waals surface area contributed by atoms with E-state index in [-0.39, 0.29) is 30.6 Å². The highest BCUT2D eigenvalue weighted by atomic mass is 32.1. The largest absolute Gasteiger partial charge is 0.493 e. The number of nitrogens with one attached hydrogen (secondary N) is 2. The third-order valence-corrected chi connectivity index (χ3v) is 9.82. The van der Waals surface area contributed by atoms with Gasteiger partial charge < -0.3 is 39.6 Å². The Morgan fingerprint density at radius 3 is 1.92 bits per heavy atom. The van der Waals surface area contributed by atoms with Gasteiger partial charge in [-0.15, -0.1) is 22.7 Å². The number of para-hydroxylation sites is 2. The van der Waals surface area contributed by atoms with Gasteiger partial charge in [0.2, 0.25) is 17.7 Å². The van der Waals surface area contributed by atoms with Crippen molar-refractivity contribution < 1.29 is 33.6 Å². The zero-order chi connectivity index (χ0) is 37.0. The first-order valence-electron chi connectivity index (χ1n) is 16.6. The molecule has 0 aliphatic carbocycles. The molecule has 0 bridgehead atoms. The second-order valence-electron chi connectivity index (χ2n) is 11.1. The number of aromatic nitrogens is 4. The van der Waals surface area contributed by atoms with Crippen LogP contribution in [0.15, 0.2) is 53.3 Å². The molecule has 16 nitrogen and oxygen atoms in total. The highest BCUT2D eigenvalue weighted by Crippen LogP contribution is 2.32. The van der Waals surface area contributed by atoms with Gasteiger partial charge in [0.25, 0.3) is 5.56 Å². The number of anilines is 1. The predicted molar refractivity (Wildman–Crippen MR) is 198 cm³/mol. The molecule has 7 rings (SSSR count). The Bertz CT molecular complexity index is 1950. The number of aromatic amines is 1. The maximum atomic E-state index is 12.4. The summed E-state index contributed by atoms with van der Waals surface area (Å²) in [5, 5.41) is 18.2. The first kappa shape index (κ1) is 38.1. The van der Waals surface area contributed by atoms with Crippen molar-refractivity contribution in [3.63, 3.8) is 0 Å². The highest BCUT2D eigenvalue weighted by Gasteiger charge is 2.34. The summed E-state index contributed by atoms with van der Waals surface area (Å²) in [6, 6.07) is 15.1.